The average Bonchev–Trinajstić information content (AvgIpc) is 2.96. The van der Waals surface area contributed by atoms with Gasteiger partial charge in [0.05, 0.1) is 10.4 Å². The number of rotatable bonds is 4. The Bertz CT molecular complexity index is 765. The molecule has 2 heterocycles. The second-order valence-corrected chi connectivity index (χ2v) is 5.85. The second-order valence-electron chi connectivity index (χ2n) is 4.94. The lowest BCUT2D eigenvalue weighted by molar-refractivity contribution is 0.104. The molecule has 0 spiro atoms. The van der Waals surface area contributed by atoms with E-state index in [9.17, 15) is 4.79 Å². The summed E-state index contributed by atoms with van der Waals surface area (Å²) in [5.74, 6) is -0.0175. The third kappa shape index (κ3) is 3.23. The summed E-state index contributed by atoms with van der Waals surface area (Å²) in [5.41, 5.74) is 4.20. The lowest BCUT2D eigenvalue weighted by Gasteiger charge is -2.00. The molecule has 104 valence electrons. The maximum atomic E-state index is 12.3. The molecule has 0 bridgehead atoms. The van der Waals surface area contributed by atoms with Crippen molar-refractivity contribution < 1.29 is 4.79 Å². The van der Waals surface area contributed by atoms with Crippen molar-refractivity contribution in [3.63, 3.8) is 0 Å². The number of nitrogens with zero attached hydrogens (tertiary/aromatic N) is 2. The molecule has 0 amide bonds. The van der Waals surface area contributed by atoms with E-state index in [1.807, 2.05) is 11.4 Å². The van der Waals surface area contributed by atoms with E-state index in [1.54, 1.807) is 12.4 Å². The van der Waals surface area contributed by atoms with E-state index in [0.29, 0.717) is 5.56 Å². The molecule has 2 aromatic heterocycles. The molecule has 3 aromatic rings. The van der Waals surface area contributed by atoms with Crippen molar-refractivity contribution in [2.45, 2.75) is 13.3 Å². The van der Waals surface area contributed by atoms with Gasteiger partial charge in [0.2, 0.25) is 5.78 Å². The number of carbonyl (C=O) groups is 1. The van der Waals surface area contributed by atoms with Crippen molar-refractivity contribution in [2.24, 2.45) is 0 Å². The summed E-state index contributed by atoms with van der Waals surface area (Å²) in [6.45, 7) is 2.08. The Morgan fingerprint density at radius 3 is 2.71 bits per heavy atom. The van der Waals surface area contributed by atoms with Crippen LogP contribution in [0, 0.1) is 6.92 Å². The zero-order valence-electron chi connectivity index (χ0n) is 11.6. The van der Waals surface area contributed by atoms with Crippen LogP contribution in [-0.4, -0.2) is 15.8 Å². The van der Waals surface area contributed by atoms with E-state index < -0.39 is 0 Å². The molecular formula is C17H14N2OS. The minimum atomic E-state index is -0.0175. The molecule has 3 rings (SSSR count). The molecule has 0 atom stereocenters. The zero-order valence-corrected chi connectivity index (χ0v) is 12.4. The van der Waals surface area contributed by atoms with Gasteiger partial charge in [0, 0.05) is 12.4 Å². The first-order valence-electron chi connectivity index (χ1n) is 6.65. The van der Waals surface area contributed by atoms with E-state index in [1.165, 1.54) is 28.8 Å². The molecule has 0 unspecified atom stereocenters. The van der Waals surface area contributed by atoms with Crippen molar-refractivity contribution in [3.05, 3.63) is 81.6 Å². The van der Waals surface area contributed by atoms with Crippen LogP contribution in [-0.2, 0) is 6.42 Å². The third-order valence-electron chi connectivity index (χ3n) is 3.19. The van der Waals surface area contributed by atoms with Gasteiger partial charge >= 0.3 is 0 Å². The van der Waals surface area contributed by atoms with Gasteiger partial charge in [-0.1, -0.05) is 29.8 Å². The number of hydrogen-bond donors (Lipinski definition) is 0. The summed E-state index contributed by atoms with van der Waals surface area (Å²) in [5, 5.41) is 2.04. The Morgan fingerprint density at radius 2 is 1.95 bits per heavy atom. The predicted molar refractivity (Wildman–Crippen MR) is 83.8 cm³/mol. The number of aromatic nitrogens is 2. The number of carbonyl (C=O) groups excluding carboxylic acids is 1. The SMILES string of the molecule is Cc1cccc(Cc2csc(C(=O)c3cncnc3)c2)c1. The highest BCUT2D eigenvalue weighted by Crippen LogP contribution is 2.21. The fraction of sp³-hybridized carbons (Fsp3) is 0.118. The molecule has 0 aliphatic carbocycles. The van der Waals surface area contributed by atoms with Crippen LogP contribution in [0.3, 0.4) is 0 Å². The van der Waals surface area contributed by atoms with Crippen molar-refractivity contribution in [3.8, 4) is 0 Å². The van der Waals surface area contributed by atoms with Crippen LogP contribution < -0.4 is 0 Å². The third-order valence-corrected chi connectivity index (χ3v) is 4.17. The molecule has 0 radical (unpaired) electrons. The summed E-state index contributed by atoms with van der Waals surface area (Å²) in [6.07, 6.45) is 5.37. The van der Waals surface area contributed by atoms with E-state index >= 15 is 0 Å². The number of hydrogen-bond acceptors (Lipinski definition) is 4. The van der Waals surface area contributed by atoms with Crippen LogP contribution in [0.1, 0.15) is 31.9 Å². The molecule has 0 N–H and O–H groups in total. The van der Waals surface area contributed by atoms with Crippen molar-refractivity contribution in [2.75, 3.05) is 0 Å². The molecular weight excluding hydrogens is 280 g/mol. The topological polar surface area (TPSA) is 42.9 Å². The van der Waals surface area contributed by atoms with Crippen LogP contribution >= 0.6 is 11.3 Å². The number of thiophene rings is 1. The second kappa shape index (κ2) is 5.97. The molecule has 4 heteroatoms. The fourth-order valence-corrected chi connectivity index (χ4v) is 3.08. The minimum absolute atomic E-state index is 0.0175. The summed E-state index contributed by atoms with van der Waals surface area (Å²) >= 11 is 1.47. The quantitative estimate of drug-likeness (QED) is 0.690. The minimum Gasteiger partial charge on any atom is -0.288 e. The summed E-state index contributed by atoms with van der Waals surface area (Å²) in [6, 6.07) is 10.4. The monoisotopic (exact) mass is 294 g/mol. The molecule has 0 aliphatic rings. The normalized spacial score (nSPS) is 10.5. The zero-order chi connectivity index (χ0) is 14.7. The molecule has 1 aromatic carbocycles. The van der Waals surface area contributed by atoms with Crippen molar-refractivity contribution >= 4 is 17.1 Å². The van der Waals surface area contributed by atoms with Gasteiger partial charge in [-0.05, 0) is 35.9 Å². The highest BCUT2D eigenvalue weighted by atomic mass is 32.1. The van der Waals surface area contributed by atoms with Crippen LogP contribution in [0.5, 0.6) is 0 Å². The van der Waals surface area contributed by atoms with E-state index in [-0.39, 0.29) is 5.78 Å². The Labute approximate surface area is 127 Å². The molecule has 0 aliphatic heterocycles. The van der Waals surface area contributed by atoms with Gasteiger partial charge in [0.25, 0.3) is 0 Å². The Hall–Kier alpha value is -2.33. The number of benzene rings is 1. The molecule has 0 fully saturated rings. The largest absolute Gasteiger partial charge is 0.288 e. The molecule has 0 saturated heterocycles. The van der Waals surface area contributed by atoms with E-state index in [4.69, 9.17) is 0 Å². The lowest BCUT2D eigenvalue weighted by Crippen LogP contribution is -1.99. The van der Waals surface area contributed by atoms with Crippen LogP contribution in [0.15, 0.2) is 54.4 Å². The molecule has 21 heavy (non-hydrogen) atoms. The van der Waals surface area contributed by atoms with Gasteiger partial charge in [-0.3, -0.25) is 4.79 Å². The summed E-state index contributed by atoms with van der Waals surface area (Å²) in [7, 11) is 0. The molecule has 0 saturated carbocycles. The van der Waals surface area contributed by atoms with Gasteiger partial charge in [-0.2, -0.15) is 0 Å². The maximum Gasteiger partial charge on any atom is 0.206 e. The highest BCUT2D eigenvalue weighted by Gasteiger charge is 2.12. The summed E-state index contributed by atoms with van der Waals surface area (Å²) < 4.78 is 0. The first-order valence-corrected chi connectivity index (χ1v) is 7.53. The Kier molecular flexibility index (Phi) is 3.88. The van der Waals surface area contributed by atoms with Gasteiger partial charge in [0.15, 0.2) is 0 Å². The number of aryl methyl sites for hydroxylation is 1. The fourth-order valence-electron chi connectivity index (χ4n) is 2.20. The smallest absolute Gasteiger partial charge is 0.206 e. The predicted octanol–water partition coefficient (Wildman–Crippen LogP) is 3.67. The summed E-state index contributed by atoms with van der Waals surface area (Å²) in [4.78, 5) is 20.8. The van der Waals surface area contributed by atoms with Crippen LogP contribution in [0.25, 0.3) is 0 Å². The lowest BCUT2D eigenvalue weighted by atomic mass is 10.0. The van der Waals surface area contributed by atoms with Gasteiger partial charge < -0.3 is 0 Å². The first-order chi connectivity index (χ1) is 10.2. The highest BCUT2D eigenvalue weighted by molar-refractivity contribution is 7.12. The van der Waals surface area contributed by atoms with Crippen molar-refractivity contribution in [1.29, 1.82) is 0 Å². The van der Waals surface area contributed by atoms with Gasteiger partial charge in [0.1, 0.15) is 6.33 Å². The Balaban J connectivity index is 1.79. The Morgan fingerprint density at radius 1 is 1.14 bits per heavy atom. The van der Waals surface area contributed by atoms with E-state index in [2.05, 4.69) is 41.2 Å². The molecule has 3 nitrogen and oxygen atoms in total. The maximum absolute atomic E-state index is 12.3. The first kappa shape index (κ1) is 13.6. The van der Waals surface area contributed by atoms with E-state index in [0.717, 1.165) is 16.9 Å². The van der Waals surface area contributed by atoms with Crippen molar-refractivity contribution in [1.82, 2.24) is 9.97 Å². The van der Waals surface area contributed by atoms with Crippen LogP contribution in [0.4, 0.5) is 0 Å². The number of ketones is 1. The standard InChI is InChI=1S/C17H14N2OS/c1-12-3-2-4-13(5-12)6-14-7-16(21-10-14)17(20)15-8-18-11-19-9-15/h2-5,7-11H,6H2,1H3. The van der Waals surface area contributed by atoms with Gasteiger partial charge in [-0.25, -0.2) is 9.97 Å². The van der Waals surface area contributed by atoms with Gasteiger partial charge in [-0.15, -0.1) is 11.3 Å². The average molecular weight is 294 g/mol. The van der Waals surface area contributed by atoms with Crippen LogP contribution in [0.2, 0.25) is 0 Å².